The van der Waals surface area contributed by atoms with E-state index >= 15 is 0 Å². The van der Waals surface area contributed by atoms with Crippen LogP contribution >= 0.6 is 0 Å². The normalized spacial score (nSPS) is 10.6. The van der Waals surface area contributed by atoms with Crippen LogP contribution < -0.4 is 21.3 Å². The number of amides is 1. The topological polar surface area (TPSA) is 119 Å². The van der Waals surface area contributed by atoms with Gasteiger partial charge in [0.05, 0.1) is 6.61 Å². The van der Waals surface area contributed by atoms with Crippen molar-refractivity contribution in [2.75, 3.05) is 6.61 Å². The predicted molar refractivity (Wildman–Crippen MR) is 113 cm³/mol. The van der Waals surface area contributed by atoms with E-state index in [4.69, 9.17) is 10.5 Å². The Morgan fingerprint density at radius 2 is 1.90 bits per heavy atom. The van der Waals surface area contributed by atoms with Crippen molar-refractivity contribution in [2.24, 2.45) is 12.8 Å². The summed E-state index contributed by atoms with van der Waals surface area (Å²) in [7, 11) is 1.49. The van der Waals surface area contributed by atoms with E-state index in [1.807, 2.05) is 43.3 Å². The molecule has 1 aromatic heterocycles. The van der Waals surface area contributed by atoms with Gasteiger partial charge < -0.3 is 20.9 Å². The van der Waals surface area contributed by atoms with E-state index in [9.17, 15) is 14.7 Å². The first-order valence-corrected chi connectivity index (χ1v) is 9.54. The molecular weight excluding hydrogens is 384 g/mol. The molecule has 0 aliphatic carbocycles. The molecule has 0 unspecified atom stereocenters. The molecule has 4 N–H and O–H groups in total. The molecule has 0 aliphatic heterocycles. The summed E-state index contributed by atoms with van der Waals surface area (Å²) >= 11 is 0. The Balaban J connectivity index is 1.90. The average Bonchev–Trinajstić information content (AvgIpc) is 2.77. The predicted octanol–water partition coefficient (Wildman–Crippen LogP) is 1.94. The van der Waals surface area contributed by atoms with Gasteiger partial charge in [-0.25, -0.2) is 4.98 Å². The van der Waals surface area contributed by atoms with E-state index < -0.39 is 17.2 Å². The summed E-state index contributed by atoms with van der Waals surface area (Å²) in [5.41, 5.74) is 6.91. The fourth-order valence-electron chi connectivity index (χ4n) is 3.00. The van der Waals surface area contributed by atoms with Crippen LogP contribution in [0.25, 0.3) is 11.4 Å². The number of carbonyl (C=O) groups excluding carboxylic acids is 1. The molecule has 8 nitrogen and oxygen atoms in total. The van der Waals surface area contributed by atoms with Crippen molar-refractivity contribution in [3.8, 4) is 22.9 Å². The third kappa shape index (κ3) is 4.33. The monoisotopic (exact) mass is 408 g/mol. The summed E-state index contributed by atoms with van der Waals surface area (Å²) in [6.45, 7) is 2.91. The van der Waals surface area contributed by atoms with Crippen molar-refractivity contribution in [3.05, 3.63) is 75.7 Å². The number of ether oxygens (including phenoxy) is 1. The molecule has 0 spiro atoms. The Morgan fingerprint density at radius 3 is 2.57 bits per heavy atom. The Bertz CT molecular complexity index is 1110. The van der Waals surface area contributed by atoms with Crippen LogP contribution in [0.2, 0.25) is 0 Å². The summed E-state index contributed by atoms with van der Waals surface area (Å²) in [6.07, 6.45) is 0. The average molecular weight is 408 g/mol. The number of rotatable bonds is 7. The van der Waals surface area contributed by atoms with Crippen LogP contribution in [0.1, 0.15) is 28.5 Å². The number of para-hydroxylation sites is 1. The van der Waals surface area contributed by atoms with Crippen molar-refractivity contribution in [3.63, 3.8) is 0 Å². The van der Waals surface area contributed by atoms with E-state index in [-0.39, 0.29) is 18.1 Å². The standard InChI is InChI=1S/C22H24N4O4/c1-3-30-17-7-5-4-6-16(17)13-24-21(28)18-19(27)22(29)26(2)20(25-18)15-10-8-14(12-23)9-11-15/h4-11,27H,3,12-13,23H2,1-2H3,(H,24,28). The smallest absolute Gasteiger partial charge is 0.296 e. The number of nitrogens with one attached hydrogen (secondary N) is 1. The molecule has 0 atom stereocenters. The highest BCUT2D eigenvalue weighted by molar-refractivity contribution is 5.95. The van der Waals surface area contributed by atoms with Gasteiger partial charge in [0.2, 0.25) is 5.75 Å². The van der Waals surface area contributed by atoms with Crippen LogP contribution in [0, 0.1) is 0 Å². The molecule has 3 aromatic rings. The fourth-order valence-corrected chi connectivity index (χ4v) is 3.00. The summed E-state index contributed by atoms with van der Waals surface area (Å²) < 4.78 is 6.75. The highest BCUT2D eigenvalue weighted by atomic mass is 16.5. The number of carbonyl (C=O) groups is 1. The molecule has 1 amide bonds. The fraction of sp³-hybridized carbons (Fsp3) is 0.227. The maximum absolute atomic E-state index is 12.7. The zero-order valence-electron chi connectivity index (χ0n) is 16.9. The third-order valence-electron chi connectivity index (χ3n) is 4.64. The lowest BCUT2D eigenvalue weighted by molar-refractivity contribution is 0.0942. The van der Waals surface area contributed by atoms with E-state index in [1.54, 1.807) is 12.1 Å². The second-order valence-electron chi connectivity index (χ2n) is 6.62. The number of benzene rings is 2. The number of aromatic hydroxyl groups is 1. The molecule has 0 bridgehead atoms. The molecule has 3 rings (SSSR count). The zero-order valence-corrected chi connectivity index (χ0v) is 16.9. The van der Waals surface area contributed by atoms with Crippen LogP contribution in [0.15, 0.2) is 53.3 Å². The van der Waals surface area contributed by atoms with Gasteiger partial charge in [0.1, 0.15) is 11.6 Å². The van der Waals surface area contributed by atoms with Gasteiger partial charge in [-0.15, -0.1) is 0 Å². The highest BCUT2D eigenvalue weighted by Gasteiger charge is 2.21. The van der Waals surface area contributed by atoms with Crippen molar-refractivity contribution >= 4 is 5.91 Å². The molecule has 0 aliphatic rings. The molecule has 1 heterocycles. The number of nitrogens with zero attached hydrogens (tertiary/aromatic N) is 2. The first kappa shape index (κ1) is 21.1. The Morgan fingerprint density at radius 1 is 1.20 bits per heavy atom. The molecule has 156 valence electrons. The molecule has 2 aromatic carbocycles. The molecular formula is C22H24N4O4. The first-order chi connectivity index (χ1) is 14.5. The van der Waals surface area contributed by atoms with Crippen molar-refractivity contribution in [1.29, 1.82) is 0 Å². The largest absolute Gasteiger partial charge is 0.501 e. The molecule has 0 radical (unpaired) electrons. The van der Waals surface area contributed by atoms with Gasteiger partial charge in [-0.2, -0.15) is 0 Å². The lowest BCUT2D eigenvalue weighted by atomic mass is 10.1. The van der Waals surface area contributed by atoms with Crippen molar-refractivity contribution in [1.82, 2.24) is 14.9 Å². The van der Waals surface area contributed by atoms with Crippen LogP contribution in [0.3, 0.4) is 0 Å². The summed E-state index contributed by atoms with van der Waals surface area (Å²) in [5, 5.41) is 12.9. The number of hydrogen-bond acceptors (Lipinski definition) is 6. The van der Waals surface area contributed by atoms with Gasteiger partial charge >= 0.3 is 0 Å². The Kier molecular flexibility index (Phi) is 6.48. The minimum absolute atomic E-state index is 0.159. The summed E-state index contributed by atoms with van der Waals surface area (Å²) in [5.74, 6) is -0.435. The molecule has 8 heteroatoms. The number of hydrogen-bond donors (Lipinski definition) is 3. The van der Waals surface area contributed by atoms with Gasteiger partial charge in [0.15, 0.2) is 5.69 Å². The second-order valence-corrected chi connectivity index (χ2v) is 6.62. The minimum atomic E-state index is -0.706. The molecule has 30 heavy (non-hydrogen) atoms. The van der Waals surface area contributed by atoms with Gasteiger partial charge in [0, 0.05) is 31.3 Å². The lowest BCUT2D eigenvalue weighted by Crippen LogP contribution is -2.29. The van der Waals surface area contributed by atoms with Gasteiger partial charge in [-0.3, -0.25) is 14.2 Å². The van der Waals surface area contributed by atoms with Gasteiger partial charge in [-0.1, -0.05) is 42.5 Å². The minimum Gasteiger partial charge on any atom is -0.501 e. The number of nitrogens with two attached hydrogens (primary N) is 1. The lowest BCUT2D eigenvalue weighted by Gasteiger charge is -2.13. The van der Waals surface area contributed by atoms with Crippen LogP contribution in [0.5, 0.6) is 11.5 Å². The second kappa shape index (κ2) is 9.23. The van der Waals surface area contributed by atoms with Crippen LogP contribution in [0.4, 0.5) is 0 Å². The van der Waals surface area contributed by atoms with Crippen molar-refractivity contribution in [2.45, 2.75) is 20.0 Å². The Hall–Kier alpha value is -3.65. The van der Waals surface area contributed by atoms with Crippen molar-refractivity contribution < 1.29 is 14.6 Å². The van der Waals surface area contributed by atoms with E-state index in [1.165, 1.54) is 11.6 Å². The van der Waals surface area contributed by atoms with Crippen LogP contribution in [-0.4, -0.2) is 27.2 Å². The van der Waals surface area contributed by atoms with E-state index in [2.05, 4.69) is 10.3 Å². The Labute approximate surface area is 174 Å². The van der Waals surface area contributed by atoms with E-state index in [0.29, 0.717) is 24.5 Å². The maximum atomic E-state index is 12.7. The molecule has 0 saturated heterocycles. The highest BCUT2D eigenvalue weighted by Crippen LogP contribution is 2.21. The SMILES string of the molecule is CCOc1ccccc1CNC(=O)c1nc(-c2ccc(CN)cc2)n(C)c(=O)c1O. The molecule has 0 fully saturated rings. The maximum Gasteiger partial charge on any atom is 0.296 e. The summed E-state index contributed by atoms with van der Waals surface area (Å²) in [4.78, 5) is 29.5. The quantitative estimate of drug-likeness (QED) is 0.550. The van der Waals surface area contributed by atoms with Gasteiger partial charge in [0.25, 0.3) is 11.5 Å². The molecule has 0 saturated carbocycles. The number of aromatic nitrogens is 2. The van der Waals surface area contributed by atoms with E-state index in [0.717, 1.165) is 11.1 Å². The van der Waals surface area contributed by atoms with Crippen LogP contribution in [-0.2, 0) is 20.1 Å². The third-order valence-corrected chi connectivity index (χ3v) is 4.64. The van der Waals surface area contributed by atoms with Gasteiger partial charge in [-0.05, 0) is 18.6 Å². The summed E-state index contributed by atoms with van der Waals surface area (Å²) in [6, 6.07) is 14.5. The zero-order chi connectivity index (χ0) is 21.7. The first-order valence-electron chi connectivity index (χ1n) is 9.54.